The van der Waals surface area contributed by atoms with E-state index in [2.05, 4.69) is 29.7 Å². The summed E-state index contributed by atoms with van der Waals surface area (Å²) in [6, 6.07) is 7.92. The fourth-order valence-electron chi connectivity index (χ4n) is 3.20. The highest BCUT2D eigenvalue weighted by molar-refractivity contribution is 5.89. The number of aryl methyl sites for hydroxylation is 1. The zero-order valence-corrected chi connectivity index (χ0v) is 14.1. The highest BCUT2D eigenvalue weighted by Crippen LogP contribution is 2.27. The zero-order chi connectivity index (χ0) is 17.0. The van der Waals surface area contributed by atoms with Gasteiger partial charge in [-0.05, 0) is 37.0 Å². The molecule has 2 saturated heterocycles. The molecule has 1 aromatic carbocycles. The minimum absolute atomic E-state index is 0.0781. The van der Waals surface area contributed by atoms with Crippen LogP contribution in [0.15, 0.2) is 24.3 Å². The maximum atomic E-state index is 12.4. The number of nitrogens with zero attached hydrogens (tertiary/aromatic N) is 1. The van der Waals surface area contributed by atoms with Crippen molar-refractivity contribution in [3.8, 4) is 0 Å². The van der Waals surface area contributed by atoms with E-state index < -0.39 is 5.60 Å². The average Bonchev–Trinajstić information content (AvgIpc) is 3.01. The van der Waals surface area contributed by atoms with Gasteiger partial charge in [-0.3, -0.25) is 4.79 Å². The van der Waals surface area contributed by atoms with Gasteiger partial charge in [-0.1, -0.05) is 25.5 Å². The largest absolute Gasteiger partial charge is 0.361 e. The van der Waals surface area contributed by atoms with E-state index in [0.29, 0.717) is 19.6 Å². The van der Waals surface area contributed by atoms with E-state index in [1.54, 1.807) is 4.90 Å². The smallest absolute Gasteiger partial charge is 0.321 e. The van der Waals surface area contributed by atoms with Crippen molar-refractivity contribution in [2.75, 3.05) is 31.6 Å². The van der Waals surface area contributed by atoms with Gasteiger partial charge in [0.25, 0.3) is 0 Å². The van der Waals surface area contributed by atoms with Crippen LogP contribution in [0, 0.1) is 0 Å². The molecule has 1 unspecified atom stereocenters. The summed E-state index contributed by atoms with van der Waals surface area (Å²) < 4.78 is 5.69. The second-order valence-corrected chi connectivity index (χ2v) is 6.65. The average molecular weight is 331 g/mol. The molecule has 6 heteroatoms. The third kappa shape index (κ3) is 3.87. The maximum Gasteiger partial charge on any atom is 0.321 e. The standard InChI is InChI=1S/C18H25N3O3/c1-2-3-4-14-5-7-15(8-6-14)20-17(23)21-10-9-18(13-21)12-19-16(22)11-24-18/h5-8H,2-4,9-13H2,1H3,(H,19,22)(H,20,23). The molecule has 0 aromatic heterocycles. The first kappa shape index (κ1) is 16.8. The van der Waals surface area contributed by atoms with Crippen LogP contribution in [0.3, 0.4) is 0 Å². The number of carbonyl (C=O) groups is 2. The van der Waals surface area contributed by atoms with Crippen molar-refractivity contribution in [2.45, 2.75) is 38.2 Å². The number of urea groups is 1. The van der Waals surface area contributed by atoms with Crippen molar-refractivity contribution in [2.24, 2.45) is 0 Å². The van der Waals surface area contributed by atoms with E-state index in [9.17, 15) is 9.59 Å². The molecular weight excluding hydrogens is 306 g/mol. The third-order valence-electron chi connectivity index (χ3n) is 4.74. The molecule has 2 N–H and O–H groups in total. The van der Waals surface area contributed by atoms with Crippen molar-refractivity contribution < 1.29 is 14.3 Å². The summed E-state index contributed by atoms with van der Waals surface area (Å²) >= 11 is 0. The summed E-state index contributed by atoms with van der Waals surface area (Å²) in [4.78, 5) is 25.4. The Morgan fingerprint density at radius 1 is 1.38 bits per heavy atom. The van der Waals surface area contributed by atoms with Crippen molar-refractivity contribution in [3.63, 3.8) is 0 Å². The van der Waals surface area contributed by atoms with Crippen LogP contribution in [0.1, 0.15) is 31.7 Å². The maximum absolute atomic E-state index is 12.4. The number of ether oxygens (including phenoxy) is 1. The predicted octanol–water partition coefficient (Wildman–Crippen LogP) is 2.15. The molecule has 2 fully saturated rings. The van der Waals surface area contributed by atoms with E-state index in [0.717, 1.165) is 18.5 Å². The molecule has 1 aromatic rings. The first-order valence-electron chi connectivity index (χ1n) is 8.66. The summed E-state index contributed by atoms with van der Waals surface area (Å²) in [5.41, 5.74) is 1.68. The summed E-state index contributed by atoms with van der Waals surface area (Å²) in [6.45, 7) is 3.87. The lowest BCUT2D eigenvalue weighted by atomic mass is 10.0. The highest BCUT2D eigenvalue weighted by atomic mass is 16.5. The molecule has 1 atom stereocenters. The summed E-state index contributed by atoms with van der Waals surface area (Å²) in [5, 5.41) is 5.77. The Balaban J connectivity index is 1.53. The fraction of sp³-hybridized carbons (Fsp3) is 0.556. The molecule has 0 radical (unpaired) electrons. The van der Waals surface area contributed by atoms with Gasteiger partial charge in [0.15, 0.2) is 0 Å². The molecule has 2 aliphatic heterocycles. The number of nitrogens with one attached hydrogen (secondary N) is 2. The lowest BCUT2D eigenvalue weighted by Crippen LogP contribution is -2.54. The van der Waals surface area contributed by atoms with Crippen molar-refractivity contribution in [3.05, 3.63) is 29.8 Å². The monoisotopic (exact) mass is 331 g/mol. The number of unbranched alkanes of at least 4 members (excludes halogenated alkanes) is 1. The molecule has 0 saturated carbocycles. The van der Waals surface area contributed by atoms with E-state index >= 15 is 0 Å². The van der Waals surface area contributed by atoms with Gasteiger partial charge >= 0.3 is 6.03 Å². The Kier molecular flexibility index (Phi) is 5.04. The van der Waals surface area contributed by atoms with Gasteiger partial charge in [-0.2, -0.15) is 0 Å². The van der Waals surface area contributed by atoms with Crippen molar-refractivity contribution >= 4 is 17.6 Å². The second kappa shape index (κ2) is 7.21. The molecule has 1 spiro atoms. The van der Waals surface area contributed by atoms with Crippen LogP contribution in [-0.4, -0.2) is 48.7 Å². The first-order valence-corrected chi connectivity index (χ1v) is 8.66. The minimum atomic E-state index is -0.421. The molecule has 3 amide bonds. The third-order valence-corrected chi connectivity index (χ3v) is 4.74. The van der Waals surface area contributed by atoms with Crippen molar-refractivity contribution in [1.82, 2.24) is 10.2 Å². The topological polar surface area (TPSA) is 70.7 Å². The van der Waals surface area contributed by atoms with Gasteiger partial charge in [0, 0.05) is 18.8 Å². The Labute approximate surface area is 142 Å². The first-order chi connectivity index (χ1) is 11.6. The lowest BCUT2D eigenvalue weighted by Gasteiger charge is -2.33. The molecule has 3 rings (SSSR count). The summed E-state index contributed by atoms with van der Waals surface area (Å²) in [6.07, 6.45) is 4.18. The summed E-state index contributed by atoms with van der Waals surface area (Å²) in [5.74, 6) is -0.0910. The second-order valence-electron chi connectivity index (χ2n) is 6.65. The van der Waals surface area contributed by atoms with Crippen LogP contribution in [0.5, 0.6) is 0 Å². The van der Waals surface area contributed by atoms with Gasteiger partial charge in [-0.25, -0.2) is 4.79 Å². The molecule has 2 aliphatic rings. The van der Waals surface area contributed by atoms with Gasteiger partial charge in [-0.15, -0.1) is 0 Å². The van der Waals surface area contributed by atoms with Crippen LogP contribution < -0.4 is 10.6 Å². The number of benzene rings is 1. The molecule has 2 heterocycles. The predicted molar refractivity (Wildman–Crippen MR) is 92.0 cm³/mol. The molecule has 0 bridgehead atoms. The zero-order valence-electron chi connectivity index (χ0n) is 14.1. The van der Waals surface area contributed by atoms with E-state index in [1.807, 2.05) is 12.1 Å². The Hall–Kier alpha value is -2.08. The number of carbonyl (C=O) groups excluding carboxylic acids is 2. The quantitative estimate of drug-likeness (QED) is 0.888. The number of hydrogen-bond acceptors (Lipinski definition) is 3. The van der Waals surface area contributed by atoms with Crippen molar-refractivity contribution in [1.29, 1.82) is 0 Å². The normalized spacial score (nSPS) is 23.4. The molecular formula is C18H25N3O3. The van der Waals surface area contributed by atoms with Crippen LogP contribution >= 0.6 is 0 Å². The molecule has 0 aliphatic carbocycles. The Bertz CT molecular complexity index is 590. The summed E-state index contributed by atoms with van der Waals surface area (Å²) in [7, 11) is 0. The number of anilines is 1. The number of rotatable bonds is 4. The highest BCUT2D eigenvalue weighted by Gasteiger charge is 2.43. The Morgan fingerprint density at radius 2 is 2.17 bits per heavy atom. The molecule has 24 heavy (non-hydrogen) atoms. The lowest BCUT2D eigenvalue weighted by molar-refractivity contribution is -0.141. The van der Waals surface area contributed by atoms with Crippen LogP contribution in [0.25, 0.3) is 0 Å². The van der Waals surface area contributed by atoms with E-state index in [-0.39, 0.29) is 18.5 Å². The van der Waals surface area contributed by atoms with E-state index in [4.69, 9.17) is 4.74 Å². The fourth-order valence-corrected chi connectivity index (χ4v) is 3.20. The minimum Gasteiger partial charge on any atom is -0.361 e. The van der Waals surface area contributed by atoms with Gasteiger partial charge in [0.2, 0.25) is 5.91 Å². The van der Waals surface area contributed by atoms with Gasteiger partial charge in [0.05, 0.1) is 6.54 Å². The van der Waals surface area contributed by atoms with Crippen LogP contribution in [0.2, 0.25) is 0 Å². The Morgan fingerprint density at radius 3 is 2.83 bits per heavy atom. The number of amides is 3. The SMILES string of the molecule is CCCCc1ccc(NC(=O)N2CCC3(CNC(=O)CO3)C2)cc1. The number of hydrogen-bond donors (Lipinski definition) is 2. The number of morpholine rings is 1. The van der Waals surface area contributed by atoms with Gasteiger partial charge < -0.3 is 20.3 Å². The number of likely N-dealkylation sites (tertiary alicyclic amines) is 1. The van der Waals surface area contributed by atoms with Crippen LogP contribution in [0.4, 0.5) is 10.5 Å². The van der Waals surface area contributed by atoms with Crippen LogP contribution in [-0.2, 0) is 16.0 Å². The molecule has 130 valence electrons. The van der Waals surface area contributed by atoms with E-state index in [1.165, 1.54) is 18.4 Å². The van der Waals surface area contributed by atoms with Gasteiger partial charge in [0.1, 0.15) is 12.2 Å². The molecule has 6 nitrogen and oxygen atoms in total.